The monoisotopic (exact) mass is 227 g/mol. The zero-order valence-corrected chi connectivity index (χ0v) is 7.25. The molecule has 0 bridgehead atoms. The van der Waals surface area contributed by atoms with Crippen LogP contribution < -0.4 is 0 Å². The quantitative estimate of drug-likeness (QED) is 0.709. The van der Waals surface area contributed by atoms with Crippen LogP contribution in [0.5, 0.6) is 0 Å². The Kier molecular flexibility index (Phi) is 2.73. The van der Waals surface area contributed by atoms with Gasteiger partial charge in [0.1, 0.15) is 5.01 Å². The number of alkyl halides is 3. The van der Waals surface area contributed by atoms with Crippen LogP contribution in [0.15, 0.2) is 6.20 Å². The third-order valence-electron chi connectivity index (χ3n) is 0.901. The minimum absolute atomic E-state index is 0.0365. The first-order valence-corrected chi connectivity index (χ1v) is 4.46. The topological polar surface area (TPSA) is 12.9 Å². The van der Waals surface area contributed by atoms with Crippen molar-refractivity contribution in [1.82, 2.24) is 4.98 Å². The van der Waals surface area contributed by atoms with Crippen LogP contribution in [0.1, 0.15) is 16.3 Å². The molecular formula is C5H4BrF2NS. The molecule has 0 aliphatic heterocycles. The average Bonchev–Trinajstić information content (AvgIpc) is 2.34. The summed E-state index contributed by atoms with van der Waals surface area (Å²) < 4.78 is 23.7. The van der Waals surface area contributed by atoms with Gasteiger partial charge in [-0.05, 0) is 0 Å². The summed E-state index contributed by atoms with van der Waals surface area (Å²) in [6, 6.07) is 0. The lowest BCUT2D eigenvalue weighted by Crippen LogP contribution is -1.72. The summed E-state index contributed by atoms with van der Waals surface area (Å²) >= 11 is 4.16. The second-order valence-corrected chi connectivity index (χ2v) is 3.30. The highest BCUT2D eigenvalue weighted by molar-refractivity contribution is 9.08. The van der Waals surface area contributed by atoms with Crippen molar-refractivity contribution >= 4 is 27.3 Å². The smallest absolute Gasteiger partial charge is 0.248 e. The lowest BCUT2D eigenvalue weighted by Gasteiger charge is -1.87. The van der Waals surface area contributed by atoms with Crippen LogP contribution in [0.2, 0.25) is 0 Å². The van der Waals surface area contributed by atoms with Gasteiger partial charge in [-0.15, -0.1) is 11.3 Å². The summed E-state index contributed by atoms with van der Waals surface area (Å²) in [6.45, 7) is 0. The molecule has 1 heterocycles. The fraction of sp³-hybridized carbons (Fsp3) is 0.400. The predicted molar refractivity (Wildman–Crippen MR) is 39.7 cm³/mol. The Labute approximate surface area is 69.2 Å². The fourth-order valence-electron chi connectivity index (χ4n) is 0.487. The normalized spacial score (nSPS) is 10.8. The van der Waals surface area contributed by atoms with Crippen molar-refractivity contribution in [3.63, 3.8) is 0 Å². The van der Waals surface area contributed by atoms with Crippen molar-refractivity contribution in [2.24, 2.45) is 0 Å². The molecule has 0 aliphatic rings. The Hall–Kier alpha value is -0.0300. The fourth-order valence-corrected chi connectivity index (χ4v) is 1.60. The van der Waals surface area contributed by atoms with Gasteiger partial charge in [0.15, 0.2) is 0 Å². The highest BCUT2D eigenvalue weighted by Crippen LogP contribution is 2.25. The molecule has 0 fully saturated rings. The van der Waals surface area contributed by atoms with Crippen LogP contribution >= 0.6 is 27.3 Å². The van der Waals surface area contributed by atoms with Crippen LogP contribution in [0.25, 0.3) is 0 Å². The van der Waals surface area contributed by atoms with E-state index >= 15 is 0 Å². The average molecular weight is 228 g/mol. The zero-order chi connectivity index (χ0) is 7.56. The van der Waals surface area contributed by atoms with Gasteiger partial charge in [0, 0.05) is 6.20 Å². The van der Waals surface area contributed by atoms with Crippen LogP contribution in [-0.2, 0) is 5.33 Å². The summed E-state index contributed by atoms with van der Waals surface area (Å²) in [6.07, 6.45) is -1.17. The van der Waals surface area contributed by atoms with Crippen molar-refractivity contribution in [1.29, 1.82) is 0 Å². The summed E-state index contributed by atoms with van der Waals surface area (Å²) in [5.41, 5.74) is 0. The summed E-state index contributed by atoms with van der Waals surface area (Å²) in [5.74, 6) is 0. The van der Waals surface area contributed by atoms with E-state index in [9.17, 15) is 8.78 Å². The van der Waals surface area contributed by atoms with Gasteiger partial charge in [-0.1, -0.05) is 15.9 Å². The molecule has 0 amide bonds. The first kappa shape index (κ1) is 8.07. The Morgan fingerprint density at radius 3 is 2.70 bits per heavy atom. The molecule has 0 unspecified atom stereocenters. The molecule has 0 saturated heterocycles. The van der Waals surface area contributed by atoms with Crippen molar-refractivity contribution in [2.75, 3.05) is 0 Å². The number of thiazole rings is 1. The van der Waals surface area contributed by atoms with E-state index in [0.29, 0.717) is 10.3 Å². The molecule has 5 heteroatoms. The Morgan fingerprint density at radius 2 is 2.40 bits per heavy atom. The summed E-state index contributed by atoms with van der Waals surface area (Å²) in [7, 11) is 0. The Balaban J connectivity index is 2.78. The van der Waals surface area contributed by atoms with Gasteiger partial charge in [-0.25, -0.2) is 13.8 Å². The molecular weight excluding hydrogens is 224 g/mol. The number of hydrogen-bond acceptors (Lipinski definition) is 2. The van der Waals surface area contributed by atoms with Crippen LogP contribution in [-0.4, -0.2) is 4.98 Å². The van der Waals surface area contributed by atoms with Crippen molar-refractivity contribution < 1.29 is 8.78 Å². The van der Waals surface area contributed by atoms with Gasteiger partial charge in [0.2, 0.25) is 0 Å². The number of hydrogen-bond donors (Lipinski definition) is 0. The molecule has 1 aromatic heterocycles. The first-order chi connectivity index (χ1) is 4.74. The van der Waals surface area contributed by atoms with E-state index in [4.69, 9.17) is 0 Å². The molecule has 0 aliphatic carbocycles. The molecule has 1 rings (SSSR count). The van der Waals surface area contributed by atoms with Gasteiger partial charge < -0.3 is 0 Å². The molecule has 1 aromatic rings. The van der Waals surface area contributed by atoms with Crippen LogP contribution in [0, 0.1) is 0 Å². The van der Waals surface area contributed by atoms with E-state index in [1.54, 1.807) is 0 Å². The number of rotatable bonds is 2. The number of aromatic nitrogens is 1. The first-order valence-electron chi connectivity index (χ1n) is 2.52. The van der Waals surface area contributed by atoms with Gasteiger partial charge in [-0.2, -0.15) is 0 Å². The molecule has 0 atom stereocenters. The van der Waals surface area contributed by atoms with Gasteiger partial charge >= 0.3 is 0 Å². The Morgan fingerprint density at radius 1 is 1.70 bits per heavy atom. The third kappa shape index (κ3) is 1.73. The molecule has 10 heavy (non-hydrogen) atoms. The molecule has 0 spiro atoms. The highest BCUT2D eigenvalue weighted by Gasteiger charge is 2.10. The van der Waals surface area contributed by atoms with Crippen molar-refractivity contribution in [3.8, 4) is 0 Å². The van der Waals surface area contributed by atoms with E-state index in [-0.39, 0.29) is 4.88 Å². The van der Waals surface area contributed by atoms with Gasteiger partial charge in [0.05, 0.1) is 10.2 Å². The minimum Gasteiger partial charge on any atom is -0.248 e. The second-order valence-electron chi connectivity index (χ2n) is 1.59. The molecule has 0 aromatic carbocycles. The van der Waals surface area contributed by atoms with E-state index in [1.807, 2.05) is 0 Å². The molecule has 0 saturated carbocycles. The van der Waals surface area contributed by atoms with Gasteiger partial charge in [-0.3, -0.25) is 0 Å². The van der Waals surface area contributed by atoms with E-state index in [2.05, 4.69) is 20.9 Å². The molecule has 56 valence electrons. The van der Waals surface area contributed by atoms with E-state index in [1.165, 1.54) is 6.20 Å². The van der Waals surface area contributed by atoms with Gasteiger partial charge in [0.25, 0.3) is 6.43 Å². The summed E-state index contributed by atoms with van der Waals surface area (Å²) in [4.78, 5) is 3.78. The molecule has 0 N–H and O–H groups in total. The second kappa shape index (κ2) is 3.39. The van der Waals surface area contributed by atoms with Crippen molar-refractivity contribution in [3.05, 3.63) is 16.1 Å². The third-order valence-corrected chi connectivity index (χ3v) is 2.81. The number of halogens is 3. The zero-order valence-electron chi connectivity index (χ0n) is 4.85. The SMILES string of the molecule is FC(F)c1cnc(CBr)s1. The Bertz CT molecular complexity index is 213. The van der Waals surface area contributed by atoms with E-state index < -0.39 is 6.43 Å². The maximum atomic E-state index is 11.9. The lowest BCUT2D eigenvalue weighted by molar-refractivity contribution is 0.155. The maximum Gasteiger partial charge on any atom is 0.274 e. The highest BCUT2D eigenvalue weighted by atomic mass is 79.9. The maximum absolute atomic E-state index is 11.9. The standard InChI is InChI=1S/C5H4BrF2NS/c6-1-4-9-2-3(10-4)5(7)8/h2,5H,1H2. The lowest BCUT2D eigenvalue weighted by atomic mass is 10.6. The van der Waals surface area contributed by atoms with Crippen molar-refractivity contribution in [2.45, 2.75) is 11.8 Å². The molecule has 1 nitrogen and oxygen atoms in total. The van der Waals surface area contributed by atoms with Crippen LogP contribution in [0.4, 0.5) is 8.78 Å². The number of nitrogens with zero attached hydrogens (tertiary/aromatic N) is 1. The predicted octanol–water partition coefficient (Wildman–Crippen LogP) is 2.98. The van der Waals surface area contributed by atoms with Crippen LogP contribution in [0.3, 0.4) is 0 Å². The van der Waals surface area contributed by atoms with E-state index in [0.717, 1.165) is 11.3 Å². The summed E-state index contributed by atoms with van der Waals surface area (Å²) in [5, 5.41) is 1.24. The molecule has 0 radical (unpaired) electrons. The minimum atomic E-state index is -2.38. The largest absolute Gasteiger partial charge is 0.274 e.